The van der Waals surface area contributed by atoms with Gasteiger partial charge in [-0.25, -0.2) is 0 Å². The van der Waals surface area contributed by atoms with Crippen molar-refractivity contribution in [2.45, 2.75) is 45.4 Å². The van der Waals surface area contributed by atoms with Crippen LogP contribution in [0.4, 0.5) is 0 Å². The number of hydrogen-bond acceptors (Lipinski definition) is 2. The first-order valence-electron chi connectivity index (χ1n) is 9.45. The highest BCUT2D eigenvalue weighted by atomic mass is 35.5. The molecule has 1 heterocycles. The molecular formula is C23H29ClN2. The van der Waals surface area contributed by atoms with E-state index in [0.717, 1.165) is 19.4 Å². The molecule has 1 saturated heterocycles. The van der Waals surface area contributed by atoms with Gasteiger partial charge in [-0.1, -0.05) is 48.0 Å². The number of benzene rings is 2. The van der Waals surface area contributed by atoms with Crippen LogP contribution >= 0.6 is 12.4 Å². The number of likely N-dealkylation sites (tertiary alicyclic amines) is 1. The number of nitriles is 1. The zero-order valence-corrected chi connectivity index (χ0v) is 16.7. The van der Waals surface area contributed by atoms with Crippen LogP contribution < -0.4 is 0 Å². The quantitative estimate of drug-likeness (QED) is 0.597. The molecule has 0 spiro atoms. The zero-order chi connectivity index (χ0) is 17.6. The molecule has 0 amide bonds. The second kappa shape index (κ2) is 9.76. The minimum absolute atomic E-state index is 0. The molecule has 3 rings (SSSR count). The standard InChI is InChI=1S/C23H28N2.ClH/c1-18(2)9-10-21(17-24)23-20(13-16-25-14-5-6-15-25)12-11-19-7-3-4-8-22(19)23;/h3-4,7-9,11-12,21H,5-6,10,13-16H2,1-2H3;1H. The van der Waals surface area contributed by atoms with Gasteiger partial charge in [0.05, 0.1) is 12.0 Å². The molecule has 0 aromatic heterocycles. The van der Waals surface area contributed by atoms with Crippen LogP contribution in [0.15, 0.2) is 48.0 Å². The van der Waals surface area contributed by atoms with Crippen molar-refractivity contribution in [2.24, 2.45) is 0 Å². The summed E-state index contributed by atoms with van der Waals surface area (Å²) >= 11 is 0. The molecule has 3 heteroatoms. The van der Waals surface area contributed by atoms with E-state index in [1.807, 2.05) is 0 Å². The highest BCUT2D eigenvalue weighted by molar-refractivity contribution is 5.87. The summed E-state index contributed by atoms with van der Waals surface area (Å²) in [5, 5.41) is 12.3. The Labute approximate surface area is 163 Å². The van der Waals surface area contributed by atoms with Gasteiger partial charge in [-0.05, 0) is 74.5 Å². The predicted octanol–water partition coefficient (Wildman–Crippen LogP) is 5.86. The van der Waals surface area contributed by atoms with E-state index in [9.17, 15) is 5.26 Å². The van der Waals surface area contributed by atoms with Gasteiger partial charge in [0.15, 0.2) is 0 Å². The molecule has 2 aromatic rings. The topological polar surface area (TPSA) is 27.0 Å². The Kier molecular flexibility index (Phi) is 7.69. The van der Waals surface area contributed by atoms with E-state index in [2.05, 4.69) is 67.3 Å². The van der Waals surface area contributed by atoms with Crippen LogP contribution in [0.25, 0.3) is 10.8 Å². The van der Waals surface area contributed by atoms with Crippen LogP contribution in [0.3, 0.4) is 0 Å². The summed E-state index contributed by atoms with van der Waals surface area (Å²) in [5.41, 5.74) is 3.87. The average Bonchev–Trinajstić information content (AvgIpc) is 3.14. The molecule has 0 aliphatic carbocycles. The highest BCUT2D eigenvalue weighted by Gasteiger charge is 2.19. The van der Waals surface area contributed by atoms with Gasteiger partial charge in [0.1, 0.15) is 0 Å². The molecule has 0 bridgehead atoms. The lowest BCUT2D eigenvalue weighted by molar-refractivity contribution is 0.343. The molecule has 0 N–H and O–H groups in total. The van der Waals surface area contributed by atoms with Gasteiger partial charge in [-0.3, -0.25) is 0 Å². The summed E-state index contributed by atoms with van der Waals surface area (Å²) in [4.78, 5) is 2.55. The van der Waals surface area contributed by atoms with Crippen LogP contribution in [-0.4, -0.2) is 24.5 Å². The van der Waals surface area contributed by atoms with Gasteiger partial charge in [-0.2, -0.15) is 5.26 Å². The third kappa shape index (κ3) is 4.87. The van der Waals surface area contributed by atoms with E-state index in [1.165, 1.54) is 53.4 Å². The fourth-order valence-electron chi connectivity index (χ4n) is 3.84. The third-order valence-corrected chi connectivity index (χ3v) is 5.22. The molecule has 0 saturated carbocycles. The lowest BCUT2D eigenvalue weighted by atomic mass is 9.86. The van der Waals surface area contributed by atoms with E-state index >= 15 is 0 Å². The van der Waals surface area contributed by atoms with Crippen molar-refractivity contribution in [3.05, 3.63) is 59.2 Å². The third-order valence-electron chi connectivity index (χ3n) is 5.22. The van der Waals surface area contributed by atoms with Crippen molar-refractivity contribution in [3.63, 3.8) is 0 Å². The Morgan fingerprint density at radius 1 is 1.15 bits per heavy atom. The maximum absolute atomic E-state index is 9.87. The Morgan fingerprint density at radius 3 is 2.58 bits per heavy atom. The Balaban J connectivity index is 0.00000243. The molecule has 2 aromatic carbocycles. The van der Waals surface area contributed by atoms with E-state index < -0.39 is 0 Å². The summed E-state index contributed by atoms with van der Waals surface area (Å²) in [6.07, 6.45) is 6.68. The SMILES string of the molecule is CC(C)=CCC(C#N)c1c(CCN2CCCC2)ccc2ccccc12.Cl. The molecule has 1 aliphatic heterocycles. The van der Waals surface area contributed by atoms with Crippen LogP contribution in [0, 0.1) is 11.3 Å². The fourth-order valence-corrected chi connectivity index (χ4v) is 3.84. The average molecular weight is 369 g/mol. The van der Waals surface area contributed by atoms with Crippen LogP contribution in [-0.2, 0) is 6.42 Å². The molecule has 1 fully saturated rings. The van der Waals surface area contributed by atoms with Crippen molar-refractivity contribution in [1.29, 1.82) is 5.26 Å². The number of nitrogens with zero attached hydrogens (tertiary/aromatic N) is 2. The summed E-state index contributed by atoms with van der Waals surface area (Å²) in [6, 6.07) is 15.5. The van der Waals surface area contributed by atoms with Crippen LogP contribution in [0.5, 0.6) is 0 Å². The molecule has 1 unspecified atom stereocenters. The molecule has 1 atom stereocenters. The second-order valence-corrected chi connectivity index (χ2v) is 7.36. The zero-order valence-electron chi connectivity index (χ0n) is 15.9. The number of rotatable bonds is 6. The van der Waals surface area contributed by atoms with Gasteiger partial charge >= 0.3 is 0 Å². The van der Waals surface area contributed by atoms with Crippen molar-refractivity contribution in [1.82, 2.24) is 4.90 Å². The summed E-state index contributed by atoms with van der Waals surface area (Å²) in [7, 11) is 0. The summed E-state index contributed by atoms with van der Waals surface area (Å²) < 4.78 is 0. The first kappa shape index (κ1) is 20.5. The maximum atomic E-state index is 9.87. The van der Waals surface area contributed by atoms with Crippen LogP contribution in [0.2, 0.25) is 0 Å². The maximum Gasteiger partial charge on any atom is 0.0755 e. The molecule has 1 aliphatic rings. The number of hydrogen-bond donors (Lipinski definition) is 0. The monoisotopic (exact) mass is 368 g/mol. The lowest BCUT2D eigenvalue weighted by Crippen LogP contribution is -2.22. The largest absolute Gasteiger partial charge is 0.303 e. The molecule has 26 heavy (non-hydrogen) atoms. The minimum Gasteiger partial charge on any atom is -0.303 e. The Morgan fingerprint density at radius 2 is 1.88 bits per heavy atom. The Hall–Kier alpha value is -1.82. The molecule has 0 radical (unpaired) electrons. The number of allylic oxidation sites excluding steroid dienone is 2. The van der Waals surface area contributed by atoms with Crippen molar-refractivity contribution in [2.75, 3.05) is 19.6 Å². The minimum atomic E-state index is -0.0745. The summed E-state index contributed by atoms with van der Waals surface area (Å²) in [6.45, 7) is 7.76. The normalized spacial score (nSPS) is 15.3. The smallest absolute Gasteiger partial charge is 0.0755 e. The van der Waals surface area contributed by atoms with E-state index in [1.54, 1.807) is 0 Å². The highest BCUT2D eigenvalue weighted by Crippen LogP contribution is 2.32. The van der Waals surface area contributed by atoms with Gasteiger partial charge in [0.25, 0.3) is 0 Å². The van der Waals surface area contributed by atoms with Gasteiger partial charge in [0, 0.05) is 6.54 Å². The lowest BCUT2D eigenvalue weighted by Gasteiger charge is -2.20. The first-order valence-corrected chi connectivity index (χ1v) is 9.45. The van der Waals surface area contributed by atoms with Gasteiger partial charge in [-0.15, -0.1) is 12.4 Å². The molecule has 138 valence electrons. The van der Waals surface area contributed by atoms with Gasteiger partial charge in [0.2, 0.25) is 0 Å². The molecule has 2 nitrogen and oxygen atoms in total. The van der Waals surface area contributed by atoms with Crippen LogP contribution in [0.1, 0.15) is 50.2 Å². The summed E-state index contributed by atoms with van der Waals surface area (Å²) in [5.74, 6) is -0.0745. The van der Waals surface area contributed by atoms with Crippen molar-refractivity contribution >= 4 is 23.2 Å². The second-order valence-electron chi connectivity index (χ2n) is 7.36. The first-order chi connectivity index (χ1) is 12.2. The van der Waals surface area contributed by atoms with E-state index in [-0.39, 0.29) is 18.3 Å². The van der Waals surface area contributed by atoms with E-state index in [0.29, 0.717) is 0 Å². The van der Waals surface area contributed by atoms with Crippen molar-refractivity contribution in [3.8, 4) is 6.07 Å². The van der Waals surface area contributed by atoms with Crippen molar-refractivity contribution < 1.29 is 0 Å². The predicted molar refractivity (Wildman–Crippen MR) is 113 cm³/mol. The molecular weight excluding hydrogens is 340 g/mol. The van der Waals surface area contributed by atoms with Gasteiger partial charge < -0.3 is 4.90 Å². The fraction of sp³-hybridized carbons (Fsp3) is 0.435. The number of halogens is 1. The number of fused-ring (bicyclic) bond motifs is 1. The van der Waals surface area contributed by atoms with E-state index in [4.69, 9.17) is 0 Å². The Bertz CT molecular complexity index is 793.